The third kappa shape index (κ3) is 7.58. The van der Waals surface area contributed by atoms with Crippen molar-refractivity contribution in [3.63, 3.8) is 0 Å². The van der Waals surface area contributed by atoms with Gasteiger partial charge in [-0.05, 0) is 74.7 Å². The van der Waals surface area contributed by atoms with E-state index in [0.29, 0.717) is 22.6 Å². The Bertz CT molecular complexity index is 1400. The van der Waals surface area contributed by atoms with Gasteiger partial charge >= 0.3 is 0 Å². The van der Waals surface area contributed by atoms with Crippen LogP contribution in [0.3, 0.4) is 0 Å². The van der Waals surface area contributed by atoms with Crippen LogP contribution in [0.15, 0.2) is 77.7 Å². The number of anilines is 1. The first-order valence-electron chi connectivity index (χ1n) is 12.6. The van der Waals surface area contributed by atoms with E-state index >= 15 is 0 Å². The summed E-state index contributed by atoms with van der Waals surface area (Å²) in [5, 5.41) is 3.18. The van der Waals surface area contributed by atoms with Crippen LogP contribution in [-0.4, -0.2) is 43.8 Å². The predicted molar refractivity (Wildman–Crippen MR) is 151 cm³/mol. The number of carbonyl (C=O) groups excluding carboxylic acids is 2. The average Bonchev–Trinajstić information content (AvgIpc) is 2.92. The Hall–Kier alpha value is -3.43. The quantitative estimate of drug-likeness (QED) is 0.337. The summed E-state index contributed by atoms with van der Waals surface area (Å²) in [4.78, 5) is 28.3. The van der Waals surface area contributed by atoms with Crippen LogP contribution in [-0.2, 0) is 26.2 Å². The topological polar surface area (TPSA) is 86.8 Å². The zero-order chi connectivity index (χ0) is 28.7. The fraction of sp³-hybridized carbons (Fsp3) is 0.310. The summed E-state index contributed by atoms with van der Waals surface area (Å²) in [7, 11) is -4.19. The third-order valence-electron chi connectivity index (χ3n) is 6.48. The molecule has 3 rings (SSSR count). The second kappa shape index (κ2) is 13.1. The number of aryl methyl sites for hydroxylation is 1. The van der Waals surface area contributed by atoms with E-state index in [4.69, 9.17) is 11.6 Å². The summed E-state index contributed by atoms with van der Waals surface area (Å²) >= 11 is 6.23. The van der Waals surface area contributed by atoms with E-state index in [1.807, 2.05) is 13.8 Å². The number of rotatable bonds is 11. The Balaban J connectivity index is 2.05. The van der Waals surface area contributed by atoms with E-state index in [1.54, 1.807) is 44.2 Å². The van der Waals surface area contributed by atoms with Crippen LogP contribution in [0.25, 0.3) is 0 Å². The molecule has 0 aliphatic heterocycles. The Labute approximate surface area is 234 Å². The normalized spacial score (nSPS) is 12.9. The van der Waals surface area contributed by atoms with E-state index in [-0.39, 0.29) is 29.1 Å². The molecule has 0 aromatic heterocycles. The molecule has 10 heteroatoms. The summed E-state index contributed by atoms with van der Waals surface area (Å²) in [5.41, 5.74) is 1.43. The summed E-state index contributed by atoms with van der Waals surface area (Å²) in [6.07, 6.45) is 0.696. The second-order valence-electron chi connectivity index (χ2n) is 9.40. The van der Waals surface area contributed by atoms with Crippen molar-refractivity contribution in [2.75, 3.05) is 10.8 Å². The number of sulfonamides is 1. The van der Waals surface area contributed by atoms with Crippen LogP contribution in [0.1, 0.15) is 38.3 Å². The maximum Gasteiger partial charge on any atom is 0.264 e. The van der Waals surface area contributed by atoms with Crippen LogP contribution in [0, 0.1) is 12.7 Å². The minimum Gasteiger partial charge on any atom is -0.352 e. The van der Waals surface area contributed by atoms with Gasteiger partial charge in [0.1, 0.15) is 18.4 Å². The Morgan fingerprint density at radius 3 is 2.26 bits per heavy atom. The molecular formula is C29H33ClFN3O4S. The van der Waals surface area contributed by atoms with Crippen LogP contribution in [0.5, 0.6) is 0 Å². The van der Waals surface area contributed by atoms with Gasteiger partial charge in [0.2, 0.25) is 11.8 Å². The molecule has 0 aliphatic carbocycles. The highest BCUT2D eigenvalue weighted by Crippen LogP contribution is 2.30. The molecule has 3 aromatic carbocycles. The average molecular weight is 574 g/mol. The van der Waals surface area contributed by atoms with Crippen LogP contribution >= 0.6 is 11.6 Å². The molecule has 0 saturated heterocycles. The van der Waals surface area contributed by atoms with Crippen LogP contribution in [0.4, 0.5) is 10.1 Å². The first kappa shape index (κ1) is 30.1. The molecule has 0 radical (unpaired) electrons. The first-order chi connectivity index (χ1) is 18.4. The van der Waals surface area contributed by atoms with Crippen molar-refractivity contribution in [1.82, 2.24) is 10.2 Å². The Kier molecular flexibility index (Phi) is 10.1. The number of halogens is 2. The van der Waals surface area contributed by atoms with Gasteiger partial charge in [-0.1, -0.05) is 54.9 Å². The van der Waals surface area contributed by atoms with Gasteiger partial charge in [-0.3, -0.25) is 13.9 Å². The SMILES string of the molecule is CC[C@@H](C)NC(=O)[C@H](C)N(Cc1ccc(F)cc1)C(=O)CN(c1cc(Cl)ccc1C)S(=O)(=O)c1ccccc1. The lowest BCUT2D eigenvalue weighted by Gasteiger charge is -2.33. The molecular weight excluding hydrogens is 541 g/mol. The molecule has 0 aliphatic rings. The van der Waals surface area contributed by atoms with E-state index in [0.717, 1.165) is 4.31 Å². The molecule has 1 N–H and O–H groups in total. The van der Waals surface area contributed by atoms with Crippen molar-refractivity contribution in [1.29, 1.82) is 0 Å². The fourth-order valence-corrected chi connectivity index (χ4v) is 5.58. The smallest absolute Gasteiger partial charge is 0.264 e. The minimum atomic E-state index is -4.19. The van der Waals surface area contributed by atoms with Crippen molar-refractivity contribution in [3.8, 4) is 0 Å². The molecule has 0 heterocycles. The van der Waals surface area contributed by atoms with E-state index < -0.39 is 34.3 Å². The zero-order valence-corrected chi connectivity index (χ0v) is 24.0. The third-order valence-corrected chi connectivity index (χ3v) is 8.49. The van der Waals surface area contributed by atoms with E-state index in [1.165, 1.54) is 47.4 Å². The fourth-order valence-electron chi connectivity index (χ4n) is 3.92. The summed E-state index contributed by atoms with van der Waals surface area (Å²) in [6.45, 7) is 6.48. The van der Waals surface area contributed by atoms with Gasteiger partial charge in [-0.15, -0.1) is 0 Å². The maximum absolute atomic E-state index is 13.9. The summed E-state index contributed by atoms with van der Waals surface area (Å²) in [5.74, 6) is -1.42. The maximum atomic E-state index is 13.9. The molecule has 0 spiro atoms. The number of amides is 2. The highest BCUT2D eigenvalue weighted by molar-refractivity contribution is 7.92. The molecule has 3 aromatic rings. The van der Waals surface area contributed by atoms with Crippen LogP contribution in [0.2, 0.25) is 5.02 Å². The number of hydrogen-bond donors (Lipinski definition) is 1. The van der Waals surface area contributed by atoms with E-state index in [9.17, 15) is 22.4 Å². The number of nitrogens with one attached hydrogen (secondary N) is 1. The molecule has 39 heavy (non-hydrogen) atoms. The van der Waals surface area contributed by atoms with Crippen molar-refractivity contribution in [2.45, 2.75) is 57.6 Å². The van der Waals surface area contributed by atoms with Gasteiger partial charge in [0.05, 0.1) is 10.6 Å². The van der Waals surface area contributed by atoms with E-state index in [2.05, 4.69) is 5.32 Å². The molecule has 0 saturated carbocycles. The number of hydrogen-bond acceptors (Lipinski definition) is 4. The number of nitrogens with zero attached hydrogens (tertiary/aromatic N) is 2. The van der Waals surface area contributed by atoms with Gasteiger partial charge in [-0.2, -0.15) is 0 Å². The van der Waals surface area contributed by atoms with Crippen molar-refractivity contribution < 1.29 is 22.4 Å². The largest absolute Gasteiger partial charge is 0.352 e. The molecule has 0 fully saturated rings. The lowest BCUT2D eigenvalue weighted by Crippen LogP contribution is -2.52. The van der Waals surface area contributed by atoms with Crippen molar-refractivity contribution >= 4 is 39.1 Å². The molecule has 7 nitrogen and oxygen atoms in total. The molecule has 2 amide bonds. The van der Waals surface area contributed by atoms with Gasteiger partial charge < -0.3 is 10.2 Å². The first-order valence-corrected chi connectivity index (χ1v) is 14.4. The van der Waals surface area contributed by atoms with Crippen molar-refractivity contribution in [3.05, 3.63) is 94.8 Å². The molecule has 0 bridgehead atoms. The predicted octanol–water partition coefficient (Wildman–Crippen LogP) is 5.31. The number of benzene rings is 3. The molecule has 2 atom stereocenters. The molecule has 0 unspecified atom stereocenters. The monoisotopic (exact) mass is 573 g/mol. The van der Waals surface area contributed by atoms with Crippen molar-refractivity contribution in [2.24, 2.45) is 0 Å². The standard InChI is InChI=1S/C29H33ClFN3O4S/c1-5-21(3)32-29(36)22(4)33(18-23-12-15-25(31)16-13-23)28(35)19-34(27-17-24(30)14-11-20(27)2)39(37,38)26-9-7-6-8-10-26/h6-17,21-22H,5,18-19H2,1-4H3,(H,32,36)/t21-,22+/m1/s1. The minimum absolute atomic E-state index is 0.00447. The van der Waals surface area contributed by atoms with Gasteiger partial charge in [0.25, 0.3) is 10.0 Å². The summed E-state index contributed by atoms with van der Waals surface area (Å²) < 4.78 is 42.2. The summed E-state index contributed by atoms with van der Waals surface area (Å²) in [6, 6.07) is 17.1. The van der Waals surface area contributed by atoms with Gasteiger partial charge in [0, 0.05) is 17.6 Å². The highest BCUT2D eigenvalue weighted by Gasteiger charge is 2.33. The zero-order valence-electron chi connectivity index (χ0n) is 22.4. The Morgan fingerprint density at radius 2 is 1.64 bits per heavy atom. The lowest BCUT2D eigenvalue weighted by atomic mass is 10.1. The van der Waals surface area contributed by atoms with Crippen LogP contribution < -0.4 is 9.62 Å². The van der Waals surface area contributed by atoms with Gasteiger partial charge in [-0.25, -0.2) is 12.8 Å². The second-order valence-corrected chi connectivity index (χ2v) is 11.7. The Morgan fingerprint density at radius 1 is 1.00 bits per heavy atom. The number of carbonyl (C=O) groups is 2. The molecule has 208 valence electrons. The lowest BCUT2D eigenvalue weighted by molar-refractivity contribution is -0.139. The van der Waals surface area contributed by atoms with Gasteiger partial charge in [0.15, 0.2) is 0 Å². The highest BCUT2D eigenvalue weighted by atomic mass is 35.5.